The minimum absolute atomic E-state index is 0.0122. The summed E-state index contributed by atoms with van der Waals surface area (Å²) in [7, 11) is -4.29. The third-order valence-electron chi connectivity index (χ3n) is 6.27. The predicted molar refractivity (Wildman–Crippen MR) is 168 cm³/mol. The number of nitrogens with one attached hydrogen (secondary N) is 1. The Morgan fingerprint density at radius 3 is 2.19 bits per heavy atom. The van der Waals surface area contributed by atoms with E-state index in [0.717, 1.165) is 4.31 Å². The summed E-state index contributed by atoms with van der Waals surface area (Å²) in [6, 6.07) is 16.1. The van der Waals surface area contributed by atoms with Crippen molar-refractivity contribution in [3.8, 4) is 5.75 Å². The summed E-state index contributed by atoms with van der Waals surface area (Å²) in [6.45, 7) is 6.85. The molecule has 12 heteroatoms. The number of carbonyl (C=O) groups is 2. The highest BCUT2D eigenvalue weighted by molar-refractivity contribution is 7.92. The summed E-state index contributed by atoms with van der Waals surface area (Å²) in [5.41, 5.74) is 0.798. The van der Waals surface area contributed by atoms with Crippen LogP contribution >= 0.6 is 34.8 Å². The summed E-state index contributed by atoms with van der Waals surface area (Å²) < 4.78 is 34.9. The van der Waals surface area contributed by atoms with Gasteiger partial charge in [-0.1, -0.05) is 59.9 Å². The maximum atomic E-state index is 14.2. The molecule has 8 nitrogen and oxygen atoms in total. The van der Waals surface area contributed by atoms with E-state index >= 15 is 0 Å². The molecule has 0 unspecified atom stereocenters. The molecule has 226 valence electrons. The second kappa shape index (κ2) is 15.0. The smallest absolute Gasteiger partial charge is 0.264 e. The lowest BCUT2D eigenvalue weighted by Gasteiger charge is -2.34. The highest BCUT2D eigenvalue weighted by Crippen LogP contribution is 2.33. The fourth-order valence-electron chi connectivity index (χ4n) is 4.32. The fourth-order valence-corrected chi connectivity index (χ4v) is 6.19. The summed E-state index contributed by atoms with van der Waals surface area (Å²) in [5.74, 6) is -0.677. The third-order valence-corrected chi connectivity index (χ3v) is 9.03. The number of hydrogen-bond donors (Lipinski definition) is 1. The molecular formula is C30H34Cl3N3O5S. The largest absolute Gasteiger partial charge is 0.492 e. The van der Waals surface area contributed by atoms with E-state index in [1.807, 2.05) is 13.8 Å². The van der Waals surface area contributed by atoms with Gasteiger partial charge in [-0.15, -0.1) is 0 Å². The van der Waals surface area contributed by atoms with E-state index in [2.05, 4.69) is 5.32 Å². The topological polar surface area (TPSA) is 96.0 Å². The fraction of sp³-hybridized carbons (Fsp3) is 0.333. The Hall–Kier alpha value is -2.98. The van der Waals surface area contributed by atoms with E-state index in [1.54, 1.807) is 56.3 Å². The molecule has 0 saturated carbocycles. The van der Waals surface area contributed by atoms with Crippen molar-refractivity contribution in [3.63, 3.8) is 0 Å². The Kier molecular flexibility index (Phi) is 11.9. The van der Waals surface area contributed by atoms with Crippen LogP contribution in [0, 0.1) is 0 Å². The molecule has 0 saturated heterocycles. The zero-order valence-electron chi connectivity index (χ0n) is 23.8. The number of rotatable bonds is 13. The molecule has 3 aromatic carbocycles. The average molecular weight is 655 g/mol. The number of amides is 2. The Morgan fingerprint density at radius 1 is 0.929 bits per heavy atom. The molecule has 0 heterocycles. The second-order valence-corrected chi connectivity index (χ2v) is 12.8. The van der Waals surface area contributed by atoms with Crippen LogP contribution in [0.5, 0.6) is 5.75 Å². The van der Waals surface area contributed by atoms with Crippen molar-refractivity contribution in [1.82, 2.24) is 10.2 Å². The van der Waals surface area contributed by atoms with E-state index in [-0.39, 0.29) is 47.9 Å². The zero-order valence-corrected chi connectivity index (χ0v) is 26.9. The van der Waals surface area contributed by atoms with E-state index in [0.29, 0.717) is 20.6 Å². The van der Waals surface area contributed by atoms with Gasteiger partial charge in [-0.05, 0) is 81.3 Å². The Morgan fingerprint density at radius 2 is 1.60 bits per heavy atom. The van der Waals surface area contributed by atoms with E-state index in [1.165, 1.54) is 29.2 Å². The van der Waals surface area contributed by atoms with Crippen molar-refractivity contribution < 1.29 is 22.7 Å². The van der Waals surface area contributed by atoms with Crippen molar-refractivity contribution in [1.29, 1.82) is 0 Å². The number of anilines is 1. The molecule has 3 aromatic rings. The Labute approximate surface area is 262 Å². The molecule has 0 fully saturated rings. The molecule has 0 aromatic heterocycles. The van der Waals surface area contributed by atoms with Gasteiger partial charge in [0.2, 0.25) is 11.8 Å². The van der Waals surface area contributed by atoms with Gasteiger partial charge in [0, 0.05) is 17.6 Å². The number of hydrogen-bond acceptors (Lipinski definition) is 5. The number of ether oxygens (including phenoxy) is 1. The first-order chi connectivity index (χ1) is 19.9. The van der Waals surface area contributed by atoms with Crippen LogP contribution in [-0.2, 0) is 26.2 Å². The lowest BCUT2D eigenvalue weighted by Crippen LogP contribution is -2.53. The lowest BCUT2D eigenvalue weighted by atomic mass is 10.1. The van der Waals surface area contributed by atoms with E-state index < -0.39 is 28.5 Å². The molecule has 0 aliphatic rings. The van der Waals surface area contributed by atoms with Crippen LogP contribution in [0.25, 0.3) is 0 Å². The maximum absolute atomic E-state index is 14.2. The van der Waals surface area contributed by atoms with Crippen molar-refractivity contribution in [2.24, 2.45) is 0 Å². The van der Waals surface area contributed by atoms with Gasteiger partial charge in [-0.3, -0.25) is 13.9 Å². The van der Waals surface area contributed by atoms with Gasteiger partial charge < -0.3 is 15.0 Å². The van der Waals surface area contributed by atoms with Gasteiger partial charge in [-0.25, -0.2) is 8.42 Å². The number of benzene rings is 3. The van der Waals surface area contributed by atoms with Crippen molar-refractivity contribution in [2.75, 3.05) is 17.5 Å². The lowest BCUT2D eigenvalue weighted by molar-refractivity contribution is -0.140. The van der Waals surface area contributed by atoms with Crippen LogP contribution in [-0.4, -0.2) is 50.4 Å². The molecule has 0 radical (unpaired) electrons. The molecule has 2 amide bonds. The molecule has 0 bridgehead atoms. The minimum Gasteiger partial charge on any atom is -0.492 e. The Bertz CT molecular complexity index is 1500. The van der Waals surface area contributed by atoms with Crippen molar-refractivity contribution in [2.45, 2.75) is 57.6 Å². The minimum atomic E-state index is -4.29. The van der Waals surface area contributed by atoms with Gasteiger partial charge in [-0.2, -0.15) is 0 Å². The molecule has 0 aliphatic carbocycles. The first kappa shape index (κ1) is 33.5. The van der Waals surface area contributed by atoms with Crippen LogP contribution in [0.4, 0.5) is 5.69 Å². The quantitative estimate of drug-likeness (QED) is 0.225. The maximum Gasteiger partial charge on any atom is 0.264 e. The summed E-state index contributed by atoms with van der Waals surface area (Å²) in [5, 5.41) is 3.86. The highest BCUT2D eigenvalue weighted by Gasteiger charge is 2.35. The van der Waals surface area contributed by atoms with Gasteiger partial charge in [0.1, 0.15) is 18.3 Å². The molecule has 42 heavy (non-hydrogen) atoms. The van der Waals surface area contributed by atoms with Gasteiger partial charge in [0.25, 0.3) is 10.0 Å². The molecule has 0 spiro atoms. The first-order valence-corrected chi connectivity index (χ1v) is 16.0. The summed E-state index contributed by atoms with van der Waals surface area (Å²) in [6.07, 6.45) is 0.283. The number of nitrogens with zero attached hydrogens (tertiary/aromatic N) is 2. The van der Waals surface area contributed by atoms with Crippen LogP contribution in [0.3, 0.4) is 0 Å². The molecule has 1 N–H and O–H groups in total. The van der Waals surface area contributed by atoms with Crippen molar-refractivity contribution >= 4 is 62.3 Å². The molecule has 3 rings (SSSR count). The molecule has 1 atom stereocenters. The van der Waals surface area contributed by atoms with Gasteiger partial charge in [0.05, 0.1) is 27.2 Å². The number of para-hydroxylation sites is 2. The Balaban J connectivity index is 2.13. The molecular weight excluding hydrogens is 621 g/mol. The van der Waals surface area contributed by atoms with Crippen LogP contribution < -0.4 is 14.4 Å². The number of halogens is 3. The van der Waals surface area contributed by atoms with Gasteiger partial charge in [0.15, 0.2) is 0 Å². The predicted octanol–water partition coefficient (Wildman–Crippen LogP) is 6.57. The highest BCUT2D eigenvalue weighted by atomic mass is 35.5. The van der Waals surface area contributed by atoms with E-state index in [4.69, 9.17) is 39.5 Å². The average Bonchev–Trinajstić information content (AvgIpc) is 2.94. The SMILES string of the molecule is CCOc1ccccc1N(CC(=O)N(Cc1ccc(Cl)c(Cl)c1)[C@@H](CC)C(=O)NC(C)C)S(=O)(=O)c1ccc(Cl)cc1. The number of carbonyl (C=O) groups excluding carboxylic acids is 2. The van der Waals surface area contributed by atoms with Crippen LogP contribution in [0.2, 0.25) is 15.1 Å². The van der Waals surface area contributed by atoms with E-state index in [9.17, 15) is 18.0 Å². The third kappa shape index (κ3) is 8.31. The summed E-state index contributed by atoms with van der Waals surface area (Å²) in [4.78, 5) is 28.8. The summed E-state index contributed by atoms with van der Waals surface area (Å²) >= 11 is 18.4. The van der Waals surface area contributed by atoms with Gasteiger partial charge >= 0.3 is 0 Å². The number of sulfonamides is 1. The molecule has 0 aliphatic heterocycles. The first-order valence-electron chi connectivity index (χ1n) is 13.4. The normalized spacial score (nSPS) is 12.1. The van der Waals surface area contributed by atoms with Crippen molar-refractivity contribution in [3.05, 3.63) is 87.4 Å². The van der Waals surface area contributed by atoms with Crippen LogP contribution in [0.1, 0.15) is 39.7 Å². The zero-order chi connectivity index (χ0) is 31.0. The second-order valence-electron chi connectivity index (χ2n) is 9.72. The van der Waals surface area contributed by atoms with Crippen LogP contribution in [0.15, 0.2) is 71.6 Å². The standard InChI is InChI=1S/C30H34Cl3N3O5S/c1-5-26(30(38)34-20(3)4)35(18-21-11-16-24(32)25(33)17-21)29(37)19-36(27-9-7-8-10-28(27)41-6-2)42(39,40)23-14-12-22(31)13-15-23/h7-17,20,26H,5-6,18-19H2,1-4H3,(H,34,38)/t26-/m0/s1. The monoisotopic (exact) mass is 653 g/mol.